The van der Waals surface area contributed by atoms with Crippen LogP contribution in [0.2, 0.25) is 0 Å². The Hall–Kier alpha value is -4.20. The standard InChI is InChI=1S/C29H28N2O5/c1-3-18-35-24-15-12-21(13-16-24)20-8-10-22(11-9-20)28(32)30-31-29(33)27-17-14-23(19-36-34-2)25-6-4-5-7-26(25)27/h4-17H,3,18-19H2,1-2H3,(H,30,32)(H,31,33). The smallest absolute Gasteiger partial charge is 0.270 e. The summed E-state index contributed by atoms with van der Waals surface area (Å²) in [6, 6.07) is 26.0. The molecule has 0 spiro atoms. The van der Waals surface area contributed by atoms with E-state index in [0.717, 1.165) is 39.6 Å². The second-order valence-electron chi connectivity index (χ2n) is 8.11. The van der Waals surface area contributed by atoms with E-state index in [1.54, 1.807) is 24.3 Å². The summed E-state index contributed by atoms with van der Waals surface area (Å²) in [5, 5.41) is 1.62. The number of carbonyl (C=O) groups is 2. The second kappa shape index (κ2) is 12.0. The summed E-state index contributed by atoms with van der Waals surface area (Å²) in [7, 11) is 1.45. The average molecular weight is 485 g/mol. The van der Waals surface area contributed by atoms with Crippen molar-refractivity contribution in [1.29, 1.82) is 0 Å². The highest BCUT2D eigenvalue weighted by molar-refractivity contribution is 6.08. The van der Waals surface area contributed by atoms with Crippen LogP contribution in [0.25, 0.3) is 21.9 Å². The number of hydrogen-bond donors (Lipinski definition) is 2. The molecule has 7 heteroatoms. The van der Waals surface area contributed by atoms with Crippen molar-refractivity contribution >= 4 is 22.6 Å². The molecule has 0 radical (unpaired) electrons. The predicted octanol–water partition coefficient (Wildman–Crippen LogP) is 5.45. The molecule has 7 nitrogen and oxygen atoms in total. The number of hydrogen-bond acceptors (Lipinski definition) is 5. The zero-order valence-electron chi connectivity index (χ0n) is 20.2. The van der Waals surface area contributed by atoms with Crippen molar-refractivity contribution in [2.75, 3.05) is 13.7 Å². The monoisotopic (exact) mass is 484 g/mol. The molecule has 0 aliphatic rings. The van der Waals surface area contributed by atoms with Gasteiger partial charge in [-0.25, -0.2) is 9.78 Å². The maximum atomic E-state index is 12.9. The van der Waals surface area contributed by atoms with E-state index in [9.17, 15) is 9.59 Å². The number of fused-ring (bicyclic) bond motifs is 1. The van der Waals surface area contributed by atoms with E-state index in [1.165, 1.54) is 7.11 Å². The minimum atomic E-state index is -0.416. The first-order valence-electron chi connectivity index (χ1n) is 11.7. The van der Waals surface area contributed by atoms with Crippen LogP contribution >= 0.6 is 0 Å². The highest BCUT2D eigenvalue weighted by Crippen LogP contribution is 2.24. The molecule has 36 heavy (non-hydrogen) atoms. The van der Waals surface area contributed by atoms with E-state index in [0.29, 0.717) is 17.7 Å². The SMILES string of the molecule is CCCOc1ccc(-c2ccc(C(=O)NNC(=O)c3ccc(COOC)c4ccccc34)cc2)cc1. The van der Waals surface area contributed by atoms with E-state index in [1.807, 2.05) is 60.7 Å². The van der Waals surface area contributed by atoms with Crippen LogP contribution in [0.4, 0.5) is 0 Å². The lowest BCUT2D eigenvalue weighted by Gasteiger charge is -2.12. The quantitative estimate of drug-likeness (QED) is 0.244. The fraction of sp³-hybridized carbons (Fsp3) is 0.172. The lowest BCUT2D eigenvalue weighted by molar-refractivity contribution is -0.282. The molecule has 0 atom stereocenters. The minimum absolute atomic E-state index is 0.252. The number of rotatable bonds is 9. The first-order chi connectivity index (χ1) is 17.6. The summed E-state index contributed by atoms with van der Waals surface area (Å²) >= 11 is 0. The van der Waals surface area contributed by atoms with Crippen molar-refractivity contribution in [1.82, 2.24) is 10.9 Å². The summed E-state index contributed by atoms with van der Waals surface area (Å²) in [4.78, 5) is 35.2. The molecule has 0 saturated heterocycles. The normalized spacial score (nSPS) is 10.7. The minimum Gasteiger partial charge on any atom is -0.494 e. The van der Waals surface area contributed by atoms with Crippen LogP contribution in [0.15, 0.2) is 84.9 Å². The van der Waals surface area contributed by atoms with E-state index in [2.05, 4.69) is 17.8 Å². The molecule has 0 aliphatic heterocycles. The van der Waals surface area contributed by atoms with Crippen LogP contribution < -0.4 is 15.6 Å². The maximum Gasteiger partial charge on any atom is 0.270 e. The zero-order valence-corrected chi connectivity index (χ0v) is 20.2. The molecule has 4 rings (SSSR count). The fourth-order valence-electron chi connectivity index (χ4n) is 3.84. The Morgan fingerprint density at radius 1 is 0.750 bits per heavy atom. The van der Waals surface area contributed by atoms with Crippen LogP contribution in [0, 0.1) is 0 Å². The average Bonchev–Trinajstić information content (AvgIpc) is 2.93. The van der Waals surface area contributed by atoms with Gasteiger partial charge in [-0.2, -0.15) is 0 Å². The van der Waals surface area contributed by atoms with E-state index < -0.39 is 11.8 Å². The van der Waals surface area contributed by atoms with Gasteiger partial charge in [-0.3, -0.25) is 20.4 Å². The van der Waals surface area contributed by atoms with Gasteiger partial charge in [0.15, 0.2) is 0 Å². The van der Waals surface area contributed by atoms with Gasteiger partial charge < -0.3 is 4.74 Å². The molecule has 184 valence electrons. The van der Waals surface area contributed by atoms with Gasteiger partial charge in [-0.15, -0.1) is 0 Å². The van der Waals surface area contributed by atoms with Crippen molar-refractivity contribution in [3.8, 4) is 16.9 Å². The lowest BCUT2D eigenvalue weighted by atomic mass is 9.99. The number of benzene rings is 4. The molecule has 0 aliphatic carbocycles. The maximum absolute atomic E-state index is 12.9. The van der Waals surface area contributed by atoms with Gasteiger partial charge in [0.2, 0.25) is 0 Å². The number of hydrazine groups is 1. The summed E-state index contributed by atoms with van der Waals surface area (Å²) in [6.45, 7) is 3.00. The van der Waals surface area contributed by atoms with Gasteiger partial charge in [0.25, 0.3) is 11.8 Å². The number of amides is 2. The Kier molecular flexibility index (Phi) is 8.28. The van der Waals surface area contributed by atoms with Gasteiger partial charge in [-0.1, -0.05) is 61.5 Å². The molecular weight excluding hydrogens is 456 g/mol. The van der Waals surface area contributed by atoms with Crippen molar-refractivity contribution in [3.63, 3.8) is 0 Å². The third-order valence-electron chi connectivity index (χ3n) is 5.69. The van der Waals surface area contributed by atoms with Crippen molar-refractivity contribution in [2.24, 2.45) is 0 Å². The first kappa shape index (κ1) is 24.9. The highest BCUT2D eigenvalue weighted by atomic mass is 17.2. The van der Waals surface area contributed by atoms with Crippen LogP contribution in [-0.2, 0) is 16.4 Å². The third kappa shape index (κ3) is 5.89. The molecule has 0 aromatic heterocycles. The topological polar surface area (TPSA) is 85.9 Å². The van der Waals surface area contributed by atoms with Crippen molar-refractivity contribution < 1.29 is 24.1 Å². The molecule has 4 aromatic carbocycles. The number of ether oxygens (including phenoxy) is 1. The second-order valence-corrected chi connectivity index (χ2v) is 8.11. The summed E-state index contributed by atoms with van der Waals surface area (Å²) in [5.74, 6) is 0.00598. The van der Waals surface area contributed by atoms with Crippen molar-refractivity contribution in [3.05, 3.63) is 102 Å². The van der Waals surface area contributed by atoms with E-state index >= 15 is 0 Å². The van der Waals surface area contributed by atoms with Crippen molar-refractivity contribution in [2.45, 2.75) is 20.0 Å². The van der Waals surface area contributed by atoms with Gasteiger partial charge in [0, 0.05) is 11.1 Å². The van der Waals surface area contributed by atoms with Crippen LogP contribution in [0.1, 0.15) is 39.6 Å². The lowest BCUT2D eigenvalue weighted by Crippen LogP contribution is -2.41. The van der Waals surface area contributed by atoms with Crippen LogP contribution in [0.5, 0.6) is 5.75 Å². The first-order valence-corrected chi connectivity index (χ1v) is 11.7. The van der Waals surface area contributed by atoms with Gasteiger partial charge in [0.05, 0.1) is 13.7 Å². The Balaban J connectivity index is 1.40. The largest absolute Gasteiger partial charge is 0.494 e. The summed E-state index contributed by atoms with van der Waals surface area (Å²) in [5.41, 5.74) is 8.76. The van der Waals surface area contributed by atoms with Crippen LogP contribution in [0.3, 0.4) is 0 Å². The molecule has 0 heterocycles. The molecule has 0 saturated carbocycles. The summed E-state index contributed by atoms with van der Waals surface area (Å²) in [6.07, 6.45) is 0.957. The Morgan fingerprint density at radius 2 is 1.39 bits per heavy atom. The summed E-state index contributed by atoms with van der Waals surface area (Å²) < 4.78 is 5.62. The van der Waals surface area contributed by atoms with E-state index in [4.69, 9.17) is 14.5 Å². The molecule has 0 fully saturated rings. The van der Waals surface area contributed by atoms with Gasteiger partial charge in [0.1, 0.15) is 12.4 Å². The molecule has 0 unspecified atom stereocenters. The van der Waals surface area contributed by atoms with Gasteiger partial charge >= 0.3 is 0 Å². The third-order valence-corrected chi connectivity index (χ3v) is 5.69. The van der Waals surface area contributed by atoms with Gasteiger partial charge in [-0.05, 0) is 64.2 Å². The Morgan fingerprint density at radius 3 is 2.06 bits per heavy atom. The zero-order chi connectivity index (χ0) is 25.3. The predicted molar refractivity (Wildman–Crippen MR) is 138 cm³/mol. The van der Waals surface area contributed by atoms with Crippen LogP contribution in [-0.4, -0.2) is 25.5 Å². The molecular formula is C29H28N2O5. The Bertz CT molecular complexity index is 1330. The molecule has 0 bridgehead atoms. The fourth-order valence-corrected chi connectivity index (χ4v) is 3.84. The molecule has 2 N–H and O–H groups in total. The number of nitrogens with one attached hydrogen (secondary N) is 2. The molecule has 4 aromatic rings. The highest BCUT2D eigenvalue weighted by Gasteiger charge is 2.14. The Labute approximate surface area is 209 Å². The number of carbonyl (C=O) groups excluding carboxylic acids is 2. The molecule has 2 amide bonds. The van der Waals surface area contributed by atoms with E-state index in [-0.39, 0.29) is 6.61 Å².